The van der Waals surface area contributed by atoms with Crippen LogP contribution in [-0.4, -0.2) is 42.1 Å². The van der Waals surface area contributed by atoms with Crippen molar-refractivity contribution in [3.05, 3.63) is 84.0 Å². The molecule has 0 spiro atoms. The molecule has 8 nitrogen and oxygen atoms in total. The maximum Gasteiger partial charge on any atom is 0.258 e. The van der Waals surface area contributed by atoms with Crippen LogP contribution in [0.3, 0.4) is 0 Å². The Morgan fingerprint density at radius 2 is 1.12 bits per heavy atom. The van der Waals surface area contributed by atoms with Gasteiger partial charge in [-0.3, -0.25) is 24.2 Å². The van der Waals surface area contributed by atoms with Crippen LogP contribution in [0.4, 0.5) is 11.4 Å². The van der Waals surface area contributed by atoms with Gasteiger partial charge in [-0.1, -0.05) is 24.3 Å². The van der Waals surface area contributed by atoms with Crippen LogP contribution in [0.2, 0.25) is 0 Å². The number of nitrogens with one attached hydrogen (secondary N) is 1. The molecule has 0 aromatic heterocycles. The monoisotopic (exact) mass is 456 g/mol. The molecule has 2 aromatic rings. The maximum atomic E-state index is 11.7. The zero-order chi connectivity index (χ0) is 24.2. The summed E-state index contributed by atoms with van der Waals surface area (Å²) in [5, 5.41) is 3.17. The van der Waals surface area contributed by atoms with Gasteiger partial charge in [-0.05, 0) is 55.7 Å². The number of carbonyl (C=O) groups is 4. The standard InChI is InChI=1S/C21H14N2O4.C5H10N2/c24-18-9-10-19(25)22(18)16-5-1-14(2-6-16)13-15-3-7-17(8-4-15)23-20(26)11-12-21(23)27;1-4-3-6-5(2)7-4/h1-12H,13H2;4H,3H2,1-2H3,(H,6,7). The van der Waals surface area contributed by atoms with Crippen molar-refractivity contribution in [1.82, 2.24) is 5.32 Å². The van der Waals surface area contributed by atoms with Gasteiger partial charge in [0.05, 0.1) is 23.8 Å². The van der Waals surface area contributed by atoms with Crippen molar-refractivity contribution in [2.45, 2.75) is 26.3 Å². The van der Waals surface area contributed by atoms with Gasteiger partial charge in [0.2, 0.25) is 0 Å². The van der Waals surface area contributed by atoms with E-state index in [-0.39, 0.29) is 23.6 Å². The predicted octanol–water partition coefficient (Wildman–Crippen LogP) is 2.53. The SMILES string of the molecule is CC1=NCC(C)N1.O=C1C=CC(=O)N1c1ccc(Cc2ccc(N3C(=O)C=CC3=O)cc2)cc1. The molecule has 3 heterocycles. The van der Waals surface area contributed by atoms with E-state index in [4.69, 9.17) is 0 Å². The van der Waals surface area contributed by atoms with Gasteiger partial charge < -0.3 is 5.32 Å². The van der Waals surface area contributed by atoms with E-state index in [1.807, 2.05) is 31.2 Å². The summed E-state index contributed by atoms with van der Waals surface area (Å²) in [5.74, 6) is -0.298. The van der Waals surface area contributed by atoms with Gasteiger partial charge in [0, 0.05) is 30.3 Å². The van der Waals surface area contributed by atoms with Gasteiger partial charge in [-0.25, -0.2) is 9.80 Å². The van der Waals surface area contributed by atoms with E-state index < -0.39 is 0 Å². The van der Waals surface area contributed by atoms with Crippen LogP contribution in [0.5, 0.6) is 0 Å². The van der Waals surface area contributed by atoms with Gasteiger partial charge in [-0.2, -0.15) is 0 Å². The normalized spacial score (nSPS) is 18.9. The Balaban J connectivity index is 0.000000336. The van der Waals surface area contributed by atoms with Crippen molar-refractivity contribution in [1.29, 1.82) is 0 Å². The second kappa shape index (κ2) is 9.66. The van der Waals surface area contributed by atoms with Crippen LogP contribution in [0, 0.1) is 0 Å². The highest BCUT2D eigenvalue weighted by Gasteiger charge is 2.25. The van der Waals surface area contributed by atoms with Crippen LogP contribution < -0.4 is 15.1 Å². The first kappa shape index (κ1) is 22.8. The molecule has 0 radical (unpaired) electrons. The molecule has 4 amide bonds. The van der Waals surface area contributed by atoms with Gasteiger partial charge in [0.25, 0.3) is 23.6 Å². The number of nitrogens with zero attached hydrogens (tertiary/aromatic N) is 3. The van der Waals surface area contributed by atoms with E-state index in [1.54, 1.807) is 24.3 Å². The number of amidine groups is 1. The van der Waals surface area contributed by atoms with E-state index in [0.717, 1.165) is 33.3 Å². The van der Waals surface area contributed by atoms with Crippen molar-refractivity contribution in [2.75, 3.05) is 16.3 Å². The van der Waals surface area contributed by atoms with Crippen molar-refractivity contribution in [2.24, 2.45) is 4.99 Å². The van der Waals surface area contributed by atoms with Crippen molar-refractivity contribution in [3.63, 3.8) is 0 Å². The van der Waals surface area contributed by atoms with Gasteiger partial charge in [0.1, 0.15) is 0 Å². The smallest absolute Gasteiger partial charge is 0.258 e. The summed E-state index contributed by atoms with van der Waals surface area (Å²) in [6.45, 7) is 5.06. The minimum Gasteiger partial charge on any atom is -0.370 e. The average Bonchev–Trinajstić information content (AvgIpc) is 3.48. The number of benzene rings is 2. The molecule has 0 aliphatic carbocycles. The molecular formula is C26H24N4O4. The Hall–Kier alpha value is -4.33. The summed E-state index contributed by atoms with van der Waals surface area (Å²) < 4.78 is 0. The van der Waals surface area contributed by atoms with Crippen molar-refractivity contribution >= 4 is 40.8 Å². The lowest BCUT2D eigenvalue weighted by atomic mass is 10.0. The lowest BCUT2D eigenvalue weighted by Crippen LogP contribution is -2.29. The maximum absolute atomic E-state index is 11.7. The summed E-state index contributed by atoms with van der Waals surface area (Å²) in [6.07, 6.45) is 5.65. The minimum atomic E-state index is -0.344. The van der Waals surface area contributed by atoms with Crippen molar-refractivity contribution in [3.8, 4) is 0 Å². The number of carbonyl (C=O) groups excluding carboxylic acids is 4. The van der Waals surface area contributed by atoms with Crippen LogP contribution in [0.25, 0.3) is 0 Å². The molecule has 0 fully saturated rings. The Bertz CT molecular complexity index is 1110. The molecule has 1 N–H and O–H groups in total. The quantitative estimate of drug-likeness (QED) is 0.713. The van der Waals surface area contributed by atoms with Gasteiger partial charge >= 0.3 is 0 Å². The third kappa shape index (κ3) is 5.01. The van der Waals surface area contributed by atoms with Crippen LogP contribution >= 0.6 is 0 Å². The zero-order valence-corrected chi connectivity index (χ0v) is 18.9. The number of aliphatic imine (C=N–C) groups is 1. The topological polar surface area (TPSA) is 99.2 Å². The third-order valence-electron chi connectivity index (χ3n) is 5.47. The second-order valence-electron chi connectivity index (χ2n) is 8.17. The highest BCUT2D eigenvalue weighted by Crippen LogP contribution is 2.23. The first-order valence-corrected chi connectivity index (χ1v) is 10.9. The third-order valence-corrected chi connectivity index (χ3v) is 5.47. The first-order valence-electron chi connectivity index (χ1n) is 10.9. The number of hydrogen-bond acceptors (Lipinski definition) is 6. The number of anilines is 2. The fraction of sp³-hybridized carbons (Fsp3) is 0.192. The molecule has 5 rings (SSSR count). The molecule has 1 atom stereocenters. The molecule has 1 unspecified atom stereocenters. The summed E-state index contributed by atoms with van der Waals surface area (Å²) in [4.78, 5) is 53.2. The lowest BCUT2D eigenvalue weighted by molar-refractivity contribution is -0.121. The van der Waals surface area contributed by atoms with Crippen molar-refractivity contribution < 1.29 is 19.2 Å². The Morgan fingerprint density at radius 3 is 1.38 bits per heavy atom. The number of amides is 4. The fourth-order valence-corrected chi connectivity index (χ4v) is 3.79. The predicted molar refractivity (Wildman–Crippen MR) is 130 cm³/mol. The number of hydrogen-bond donors (Lipinski definition) is 1. The van der Waals surface area contributed by atoms with Crippen LogP contribution in [0.15, 0.2) is 77.8 Å². The van der Waals surface area contributed by atoms with E-state index in [2.05, 4.69) is 17.2 Å². The molecule has 3 aliphatic heterocycles. The summed E-state index contributed by atoms with van der Waals surface area (Å²) in [5.41, 5.74) is 3.09. The summed E-state index contributed by atoms with van der Waals surface area (Å²) in [7, 11) is 0. The summed E-state index contributed by atoms with van der Waals surface area (Å²) in [6, 6.07) is 15.0. The second-order valence-corrected chi connectivity index (χ2v) is 8.17. The molecule has 3 aliphatic rings. The molecule has 8 heteroatoms. The molecule has 0 saturated heterocycles. The van der Waals surface area contributed by atoms with Gasteiger partial charge in [-0.15, -0.1) is 0 Å². The first-order chi connectivity index (χ1) is 16.3. The van der Waals surface area contributed by atoms with E-state index in [1.165, 1.54) is 24.3 Å². The molecular weight excluding hydrogens is 432 g/mol. The summed E-state index contributed by atoms with van der Waals surface area (Å²) >= 11 is 0. The lowest BCUT2D eigenvalue weighted by Gasteiger charge is -2.15. The van der Waals surface area contributed by atoms with Crippen LogP contribution in [0.1, 0.15) is 25.0 Å². The number of rotatable bonds is 4. The highest BCUT2D eigenvalue weighted by atomic mass is 16.2. The average molecular weight is 457 g/mol. The Labute approximate surface area is 197 Å². The fourth-order valence-electron chi connectivity index (χ4n) is 3.79. The van der Waals surface area contributed by atoms with E-state index >= 15 is 0 Å². The molecule has 2 aromatic carbocycles. The van der Waals surface area contributed by atoms with Crippen LogP contribution in [-0.2, 0) is 25.6 Å². The van der Waals surface area contributed by atoms with Gasteiger partial charge in [0.15, 0.2) is 0 Å². The Kier molecular flexibility index (Phi) is 6.49. The molecule has 172 valence electrons. The highest BCUT2D eigenvalue weighted by molar-refractivity contribution is 6.28. The molecule has 0 bridgehead atoms. The molecule has 34 heavy (non-hydrogen) atoms. The zero-order valence-electron chi connectivity index (χ0n) is 18.9. The van der Waals surface area contributed by atoms with E-state index in [0.29, 0.717) is 23.8 Å². The Morgan fingerprint density at radius 1 is 0.735 bits per heavy atom. The minimum absolute atomic E-state index is 0.344. The molecule has 0 saturated carbocycles. The van der Waals surface area contributed by atoms with E-state index in [9.17, 15) is 19.2 Å². The number of imide groups is 2. The largest absolute Gasteiger partial charge is 0.370 e.